The molecule has 2 aromatic carbocycles. The Labute approximate surface area is 202 Å². The van der Waals surface area contributed by atoms with Crippen molar-refractivity contribution in [1.29, 1.82) is 0 Å². The third-order valence-electron chi connectivity index (χ3n) is 7.04. The molecule has 2 heterocycles. The van der Waals surface area contributed by atoms with Crippen LogP contribution in [0, 0.1) is 6.92 Å². The first-order valence-electron chi connectivity index (χ1n) is 11.9. The first-order valence-corrected chi connectivity index (χ1v) is 11.9. The summed E-state index contributed by atoms with van der Waals surface area (Å²) in [5.74, 6) is -2.39. The fraction of sp³-hybridized carbons (Fsp3) is 0.407. The third-order valence-corrected chi connectivity index (χ3v) is 7.04. The summed E-state index contributed by atoms with van der Waals surface area (Å²) in [7, 11) is 3.00. The summed E-state index contributed by atoms with van der Waals surface area (Å²) in [6, 6.07) is 9.67. The molecule has 184 valence electrons. The maximum Gasteiger partial charge on any atom is 0.338 e. The van der Waals surface area contributed by atoms with Crippen molar-refractivity contribution in [1.82, 2.24) is 14.1 Å². The molecule has 0 saturated carbocycles. The van der Waals surface area contributed by atoms with Gasteiger partial charge in [0.15, 0.2) is 0 Å². The number of hydrogen-bond donors (Lipinski definition) is 0. The molecular formula is C27H29F2N3O3. The molecule has 35 heavy (non-hydrogen) atoms. The van der Waals surface area contributed by atoms with Crippen molar-refractivity contribution in [2.75, 3.05) is 20.8 Å². The van der Waals surface area contributed by atoms with Crippen LogP contribution < -0.4 is 0 Å². The largest absolute Gasteiger partial charge is 0.465 e. The highest BCUT2D eigenvalue weighted by atomic mass is 19.3. The number of aryl methyl sites for hydroxylation is 2. The number of aromatic nitrogens is 3. The molecule has 0 bridgehead atoms. The van der Waals surface area contributed by atoms with Crippen molar-refractivity contribution in [3.63, 3.8) is 0 Å². The number of imidazole rings is 1. The number of fused-ring (bicyclic) bond motifs is 4. The van der Waals surface area contributed by atoms with Crippen molar-refractivity contribution in [3.05, 3.63) is 52.7 Å². The predicted octanol–water partition coefficient (Wildman–Crippen LogP) is 5.54. The summed E-state index contributed by atoms with van der Waals surface area (Å²) in [4.78, 5) is 17.1. The zero-order valence-corrected chi connectivity index (χ0v) is 20.5. The lowest BCUT2D eigenvalue weighted by molar-refractivity contribution is -0.0125. The average Bonchev–Trinajstić information content (AvgIpc) is 3.34. The Hall–Kier alpha value is -3.26. The summed E-state index contributed by atoms with van der Waals surface area (Å²) in [5, 5.41) is 0.857. The minimum Gasteiger partial charge on any atom is -0.465 e. The van der Waals surface area contributed by atoms with Crippen molar-refractivity contribution in [2.45, 2.75) is 52.1 Å². The minimum atomic E-state index is -2.69. The Morgan fingerprint density at radius 2 is 1.94 bits per heavy atom. The molecule has 0 unspecified atom stereocenters. The lowest BCUT2D eigenvalue weighted by Gasteiger charge is -2.23. The third kappa shape index (κ3) is 3.89. The van der Waals surface area contributed by atoms with Gasteiger partial charge in [-0.15, -0.1) is 0 Å². The molecule has 4 aromatic rings. The van der Waals surface area contributed by atoms with Gasteiger partial charge < -0.3 is 18.6 Å². The molecule has 2 aromatic heterocycles. The van der Waals surface area contributed by atoms with Gasteiger partial charge in [0.1, 0.15) is 5.82 Å². The number of carbonyl (C=O) groups excluding carboxylic acids is 1. The number of halogens is 2. The number of carbonyl (C=O) groups is 1. The highest BCUT2D eigenvalue weighted by Gasteiger charge is 2.37. The fourth-order valence-corrected chi connectivity index (χ4v) is 5.34. The van der Waals surface area contributed by atoms with E-state index in [1.54, 1.807) is 13.2 Å². The van der Waals surface area contributed by atoms with Gasteiger partial charge >= 0.3 is 5.97 Å². The van der Waals surface area contributed by atoms with Crippen LogP contribution in [0.15, 0.2) is 30.3 Å². The van der Waals surface area contributed by atoms with Crippen LogP contribution in [0.25, 0.3) is 33.3 Å². The normalized spacial score (nSPS) is 15.0. The molecule has 0 aliphatic heterocycles. The van der Waals surface area contributed by atoms with Gasteiger partial charge in [0.2, 0.25) is 0 Å². The molecular weight excluding hydrogens is 452 g/mol. The summed E-state index contributed by atoms with van der Waals surface area (Å²) < 4.78 is 43.3. The van der Waals surface area contributed by atoms with Crippen LogP contribution in [0.5, 0.6) is 0 Å². The van der Waals surface area contributed by atoms with Gasteiger partial charge in [0.25, 0.3) is 5.92 Å². The fourth-order valence-electron chi connectivity index (χ4n) is 5.34. The molecule has 0 fully saturated rings. The zero-order valence-electron chi connectivity index (χ0n) is 20.5. The van der Waals surface area contributed by atoms with Crippen LogP contribution >= 0.6 is 0 Å². The molecule has 0 atom stereocenters. The zero-order chi connectivity index (χ0) is 24.9. The highest BCUT2D eigenvalue weighted by Crippen LogP contribution is 2.40. The molecule has 8 heteroatoms. The van der Waals surface area contributed by atoms with Gasteiger partial charge in [0.05, 0.1) is 30.3 Å². The second kappa shape index (κ2) is 8.75. The maximum atomic E-state index is 14.4. The second-order valence-corrected chi connectivity index (χ2v) is 9.16. The SMILES string of the molecule is CCn1c2c(c3cc(-c4nc5cc(C(=O)OC)c(C)cc5n4CCOC)ccc31)CC(F)(F)CC2. The lowest BCUT2D eigenvalue weighted by Crippen LogP contribution is -2.26. The van der Waals surface area contributed by atoms with Crippen molar-refractivity contribution in [2.24, 2.45) is 0 Å². The molecule has 0 spiro atoms. The smallest absolute Gasteiger partial charge is 0.338 e. The summed E-state index contributed by atoms with van der Waals surface area (Å²) >= 11 is 0. The first kappa shape index (κ1) is 23.5. The maximum absolute atomic E-state index is 14.4. The monoisotopic (exact) mass is 481 g/mol. The quantitative estimate of drug-likeness (QED) is 0.339. The second-order valence-electron chi connectivity index (χ2n) is 9.16. The van der Waals surface area contributed by atoms with Crippen molar-refractivity contribution < 1.29 is 23.0 Å². The number of ether oxygens (including phenoxy) is 2. The highest BCUT2D eigenvalue weighted by molar-refractivity contribution is 5.96. The van der Waals surface area contributed by atoms with Crippen LogP contribution in [0.1, 0.15) is 40.5 Å². The molecule has 1 aliphatic carbocycles. The number of benzene rings is 2. The van der Waals surface area contributed by atoms with Gasteiger partial charge in [-0.25, -0.2) is 18.6 Å². The van der Waals surface area contributed by atoms with Crippen LogP contribution in [0.2, 0.25) is 0 Å². The van der Waals surface area contributed by atoms with Crippen molar-refractivity contribution in [3.8, 4) is 11.4 Å². The summed E-state index contributed by atoms with van der Waals surface area (Å²) in [6.45, 7) is 5.69. The van der Waals surface area contributed by atoms with Gasteiger partial charge in [-0.05, 0) is 61.7 Å². The van der Waals surface area contributed by atoms with Crippen LogP contribution in [-0.2, 0) is 35.4 Å². The topological polar surface area (TPSA) is 58.3 Å². The van der Waals surface area contributed by atoms with E-state index in [0.717, 1.165) is 45.3 Å². The molecule has 0 radical (unpaired) electrons. The number of methoxy groups -OCH3 is 2. The standard InChI is InChI=1S/C27H29F2N3O3/c1-5-31-22-7-6-17(13-19(22)20-15-27(28,29)9-8-23(20)31)25-30-21-14-18(26(33)35-4)16(2)12-24(21)32(25)10-11-34-3/h6-7,12-14H,5,8-11,15H2,1-4H3. The Kier molecular flexibility index (Phi) is 5.87. The molecule has 0 saturated heterocycles. The van der Waals surface area contributed by atoms with Crippen LogP contribution in [0.3, 0.4) is 0 Å². The van der Waals surface area contributed by atoms with E-state index in [1.807, 2.05) is 38.1 Å². The number of nitrogens with zero attached hydrogens (tertiary/aromatic N) is 3. The number of alkyl halides is 2. The lowest BCUT2D eigenvalue weighted by atomic mass is 9.92. The van der Waals surface area contributed by atoms with Gasteiger partial charge in [0, 0.05) is 55.2 Å². The van der Waals surface area contributed by atoms with E-state index in [9.17, 15) is 13.6 Å². The van der Waals surface area contributed by atoms with E-state index in [-0.39, 0.29) is 12.8 Å². The Morgan fingerprint density at radius 1 is 1.14 bits per heavy atom. The molecule has 0 amide bonds. The van der Waals surface area contributed by atoms with Gasteiger partial charge in [-0.2, -0.15) is 0 Å². The van der Waals surface area contributed by atoms with E-state index >= 15 is 0 Å². The number of rotatable bonds is 6. The van der Waals surface area contributed by atoms with E-state index in [2.05, 4.69) is 9.13 Å². The van der Waals surface area contributed by atoms with Crippen LogP contribution in [0.4, 0.5) is 8.78 Å². The summed E-state index contributed by atoms with van der Waals surface area (Å²) in [5.41, 5.74) is 6.37. The average molecular weight is 482 g/mol. The van der Waals surface area contributed by atoms with Gasteiger partial charge in [-0.1, -0.05) is 0 Å². The van der Waals surface area contributed by atoms with Gasteiger partial charge in [-0.3, -0.25) is 0 Å². The van der Waals surface area contributed by atoms with E-state index < -0.39 is 11.9 Å². The number of hydrogen-bond acceptors (Lipinski definition) is 4. The molecule has 1 aliphatic rings. The minimum absolute atomic E-state index is 0.113. The number of esters is 1. The van der Waals surface area contributed by atoms with E-state index in [1.165, 1.54) is 7.11 Å². The first-order chi connectivity index (χ1) is 16.8. The van der Waals surface area contributed by atoms with Crippen molar-refractivity contribution >= 4 is 27.9 Å². The molecule has 5 rings (SSSR count). The molecule has 0 N–H and O–H groups in total. The summed E-state index contributed by atoms with van der Waals surface area (Å²) in [6.07, 6.45) is 0.0249. The Morgan fingerprint density at radius 3 is 2.66 bits per heavy atom. The van der Waals surface area contributed by atoms with E-state index in [0.29, 0.717) is 36.5 Å². The predicted molar refractivity (Wildman–Crippen MR) is 131 cm³/mol. The van der Waals surface area contributed by atoms with Crippen LogP contribution in [-0.4, -0.2) is 46.8 Å². The van der Waals surface area contributed by atoms with E-state index in [4.69, 9.17) is 14.5 Å². The molecule has 6 nitrogen and oxygen atoms in total. The Balaban J connectivity index is 1.72. The Bertz CT molecular complexity index is 1450.